The molecule has 0 aromatic carbocycles. The predicted octanol–water partition coefficient (Wildman–Crippen LogP) is 1.91. The van der Waals surface area contributed by atoms with Crippen LogP contribution in [0.5, 0.6) is 0 Å². The zero-order valence-corrected chi connectivity index (χ0v) is 6.48. The summed E-state index contributed by atoms with van der Waals surface area (Å²) in [6.07, 6.45) is 5.04. The van der Waals surface area contributed by atoms with Gasteiger partial charge in [-0.05, 0) is 31.6 Å². The molecule has 54 valence electrons. The zero-order chi connectivity index (χ0) is 6.91. The van der Waals surface area contributed by atoms with Crippen LogP contribution in [0.25, 0.3) is 0 Å². The quantitative estimate of drug-likeness (QED) is 0.615. The fourth-order valence-corrected chi connectivity index (χ4v) is 1.49. The summed E-state index contributed by atoms with van der Waals surface area (Å²) >= 11 is 0. The van der Waals surface area contributed by atoms with E-state index in [1.165, 1.54) is 12.8 Å². The molecule has 0 saturated heterocycles. The van der Waals surface area contributed by atoms with Gasteiger partial charge in [0.25, 0.3) is 0 Å². The lowest BCUT2D eigenvalue weighted by Gasteiger charge is -2.25. The van der Waals surface area contributed by atoms with Gasteiger partial charge in [-0.25, -0.2) is 0 Å². The van der Waals surface area contributed by atoms with E-state index in [9.17, 15) is 0 Å². The third-order valence-electron chi connectivity index (χ3n) is 2.71. The molecular formula is C8H17N. The van der Waals surface area contributed by atoms with E-state index >= 15 is 0 Å². The first-order valence-electron chi connectivity index (χ1n) is 4.02. The molecule has 1 rings (SSSR count). The molecule has 1 fully saturated rings. The van der Waals surface area contributed by atoms with Crippen molar-refractivity contribution >= 4 is 0 Å². The monoisotopic (exact) mass is 127 g/mol. The molecule has 1 heteroatoms. The highest BCUT2D eigenvalue weighted by molar-refractivity contribution is 4.96. The van der Waals surface area contributed by atoms with Gasteiger partial charge in [0.1, 0.15) is 0 Å². The van der Waals surface area contributed by atoms with E-state index in [1.807, 2.05) is 0 Å². The molecule has 0 aromatic heterocycles. The van der Waals surface area contributed by atoms with Gasteiger partial charge in [0.15, 0.2) is 0 Å². The Bertz CT molecular complexity index is 90.7. The summed E-state index contributed by atoms with van der Waals surface area (Å²) in [5, 5.41) is 0. The third kappa shape index (κ3) is 1.26. The van der Waals surface area contributed by atoms with Crippen LogP contribution in [0.15, 0.2) is 0 Å². The molecule has 0 aromatic rings. The van der Waals surface area contributed by atoms with Crippen LogP contribution < -0.4 is 5.73 Å². The SMILES string of the molecule is CCC(N)(CC)C1CC1. The minimum absolute atomic E-state index is 0.194. The van der Waals surface area contributed by atoms with Crippen molar-refractivity contribution in [3.8, 4) is 0 Å². The topological polar surface area (TPSA) is 26.0 Å². The molecule has 0 aliphatic heterocycles. The highest BCUT2D eigenvalue weighted by Crippen LogP contribution is 2.41. The largest absolute Gasteiger partial charge is 0.325 e. The van der Waals surface area contributed by atoms with Crippen molar-refractivity contribution < 1.29 is 0 Å². The Morgan fingerprint density at radius 1 is 1.33 bits per heavy atom. The summed E-state index contributed by atoms with van der Waals surface area (Å²) in [5.74, 6) is 0.854. The second-order valence-corrected chi connectivity index (χ2v) is 3.21. The van der Waals surface area contributed by atoms with E-state index < -0.39 is 0 Å². The van der Waals surface area contributed by atoms with Gasteiger partial charge in [0.2, 0.25) is 0 Å². The van der Waals surface area contributed by atoms with Crippen molar-refractivity contribution in [3.05, 3.63) is 0 Å². The van der Waals surface area contributed by atoms with Crippen LogP contribution in [-0.4, -0.2) is 5.54 Å². The van der Waals surface area contributed by atoms with Gasteiger partial charge in [-0.15, -0.1) is 0 Å². The number of hydrogen-bond acceptors (Lipinski definition) is 1. The molecule has 0 spiro atoms. The van der Waals surface area contributed by atoms with E-state index in [1.54, 1.807) is 0 Å². The van der Waals surface area contributed by atoms with E-state index in [0.29, 0.717) is 0 Å². The van der Waals surface area contributed by atoms with Crippen molar-refractivity contribution in [2.24, 2.45) is 11.7 Å². The van der Waals surface area contributed by atoms with Gasteiger partial charge >= 0.3 is 0 Å². The van der Waals surface area contributed by atoms with Crippen LogP contribution in [0.3, 0.4) is 0 Å². The van der Waals surface area contributed by atoms with Crippen molar-refractivity contribution in [1.82, 2.24) is 0 Å². The molecule has 1 nitrogen and oxygen atoms in total. The van der Waals surface area contributed by atoms with Gasteiger partial charge in [-0.2, -0.15) is 0 Å². The smallest absolute Gasteiger partial charge is 0.0177 e. The molecule has 9 heavy (non-hydrogen) atoms. The summed E-state index contributed by atoms with van der Waals surface area (Å²) in [7, 11) is 0. The van der Waals surface area contributed by atoms with Crippen LogP contribution in [-0.2, 0) is 0 Å². The summed E-state index contributed by atoms with van der Waals surface area (Å²) < 4.78 is 0. The molecular weight excluding hydrogens is 110 g/mol. The van der Waals surface area contributed by atoms with Gasteiger partial charge in [-0.3, -0.25) is 0 Å². The Hall–Kier alpha value is -0.0400. The maximum Gasteiger partial charge on any atom is 0.0177 e. The lowest BCUT2D eigenvalue weighted by Crippen LogP contribution is -2.40. The Labute approximate surface area is 57.6 Å². The van der Waals surface area contributed by atoms with Crippen molar-refractivity contribution in [3.63, 3.8) is 0 Å². The Kier molecular flexibility index (Phi) is 1.80. The normalized spacial score (nSPS) is 20.3. The summed E-state index contributed by atoms with van der Waals surface area (Å²) in [5.41, 5.74) is 6.30. The van der Waals surface area contributed by atoms with Gasteiger partial charge in [0, 0.05) is 5.54 Å². The van der Waals surface area contributed by atoms with Gasteiger partial charge in [0.05, 0.1) is 0 Å². The fourth-order valence-electron chi connectivity index (χ4n) is 1.49. The van der Waals surface area contributed by atoms with Crippen molar-refractivity contribution in [2.75, 3.05) is 0 Å². The molecule has 0 amide bonds. The van der Waals surface area contributed by atoms with Crippen LogP contribution in [0.2, 0.25) is 0 Å². The number of nitrogens with two attached hydrogens (primary N) is 1. The second kappa shape index (κ2) is 2.30. The number of rotatable bonds is 3. The van der Waals surface area contributed by atoms with Crippen LogP contribution >= 0.6 is 0 Å². The molecule has 0 bridgehead atoms. The van der Waals surface area contributed by atoms with Gasteiger partial charge < -0.3 is 5.73 Å². The minimum Gasteiger partial charge on any atom is -0.325 e. The maximum absolute atomic E-state index is 6.10. The van der Waals surface area contributed by atoms with E-state index in [-0.39, 0.29) is 5.54 Å². The van der Waals surface area contributed by atoms with E-state index in [2.05, 4.69) is 13.8 Å². The highest BCUT2D eigenvalue weighted by Gasteiger charge is 2.38. The Morgan fingerprint density at radius 2 is 1.78 bits per heavy atom. The average Bonchev–Trinajstić information content (AvgIpc) is 2.68. The fraction of sp³-hybridized carbons (Fsp3) is 1.00. The summed E-state index contributed by atoms with van der Waals surface area (Å²) in [6, 6.07) is 0. The Balaban J connectivity index is 2.43. The first-order chi connectivity index (χ1) is 4.23. The first-order valence-corrected chi connectivity index (χ1v) is 4.02. The standard InChI is InChI=1S/C8H17N/c1-3-8(9,4-2)7-5-6-7/h7H,3-6,9H2,1-2H3. The molecule has 2 N–H and O–H groups in total. The third-order valence-corrected chi connectivity index (χ3v) is 2.71. The molecule has 0 heterocycles. The van der Waals surface area contributed by atoms with E-state index in [0.717, 1.165) is 18.8 Å². The summed E-state index contributed by atoms with van der Waals surface area (Å²) in [6.45, 7) is 4.39. The highest BCUT2D eigenvalue weighted by atomic mass is 14.8. The maximum atomic E-state index is 6.10. The zero-order valence-electron chi connectivity index (χ0n) is 6.48. The van der Waals surface area contributed by atoms with Crippen LogP contribution in [0, 0.1) is 5.92 Å². The number of hydrogen-bond donors (Lipinski definition) is 1. The van der Waals surface area contributed by atoms with Crippen molar-refractivity contribution in [1.29, 1.82) is 0 Å². The van der Waals surface area contributed by atoms with Crippen LogP contribution in [0.4, 0.5) is 0 Å². The van der Waals surface area contributed by atoms with Crippen molar-refractivity contribution in [2.45, 2.75) is 45.1 Å². The lowest BCUT2D eigenvalue weighted by molar-refractivity contribution is 0.345. The molecule has 0 unspecified atom stereocenters. The molecule has 1 aliphatic carbocycles. The minimum atomic E-state index is 0.194. The summed E-state index contributed by atoms with van der Waals surface area (Å²) in [4.78, 5) is 0. The Morgan fingerprint density at radius 3 is 1.89 bits per heavy atom. The van der Waals surface area contributed by atoms with Crippen LogP contribution in [0.1, 0.15) is 39.5 Å². The average molecular weight is 127 g/mol. The molecule has 1 aliphatic rings. The molecule has 0 atom stereocenters. The lowest BCUT2D eigenvalue weighted by atomic mass is 9.89. The molecule has 1 saturated carbocycles. The van der Waals surface area contributed by atoms with Gasteiger partial charge in [-0.1, -0.05) is 13.8 Å². The first kappa shape index (κ1) is 7.07. The van der Waals surface area contributed by atoms with E-state index in [4.69, 9.17) is 5.73 Å². The second-order valence-electron chi connectivity index (χ2n) is 3.21. The molecule has 0 radical (unpaired) electrons. The predicted molar refractivity (Wildman–Crippen MR) is 40.2 cm³/mol.